The molecule has 2 rings (SSSR count). The van der Waals surface area contributed by atoms with Crippen molar-refractivity contribution >= 4 is 33.2 Å². The summed E-state index contributed by atoms with van der Waals surface area (Å²) in [5.41, 5.74) is 0.251. The van der Waals surface area contributed by atoms with Crippen LogP contribution in [0.4, 0.5) is 0 Å². The Balaban J connectivity index is 2.28. The third kappa shape index (κ3) is 3.44. The molecule has 0 amide bonds. The highest BCUT2D eigenvalue weighted by Gasteiger charge is 2.29. The molecule has 0 heterocycles. The zero-order valence-electron chi connectivity index (χ0n) is 10.6. The van der Waals surface area contributed by atoms with Crippen molar-refractivity contribution < 1.29 is 8.42 Å². The number of nitrogens with one attached hydrogen (secondary N) is 1. The van der Waals surface area contributed by atoms with Crippen molar-refractivity contribution in [2.45, 2.75) is 42.0 Å². The molecule has 1 aromatic rings. The minimum absolute atomic E-state index is 0.0762. The van der Waals surface area contributed by atoms with Crippen LogP contribution in [-0.4, -0.2) is 19.8 Å². The van der Waals surface area contributed by atoms with Crippen LogP contribution in [0.15, 0.2) is 23.1 Å². The van der Waals surface area contributed by atoms with E-state index in [1.54, 1.807) is 0 Å². The van der Waals surface area contributed by atoms with Gasteiger partial charge in [-0.15, -0.1) is 11.6 Å². The number of sulfonamides is 1. The predicted molar refractivity (Wildman–Crippen MR) is 78.4 cm³/mol. The summed E-state index contributed by atoms with van der Waals surface area (Å²) in [6.07, 6.45) is 3.46. The molecular formula is C13H14Cl2N2O2S. The zero-order chi connectivity index (χ0) is 14.8. The Hall–Kier alpha value is -0.800. The van der Waals surface area contributed by atoms with Gasteiger partial charge in [0.25, 0.3) is 0 Å². The molecule has 2 unspecified atom stereocenters. The van der Waals surface area contributed by atoms with Gasteiger partial charge in [0.1, 0.15) is 4.90 Å². The number of alkyl halides is 1. The Morgan fingerprint density at radius 3 is 2.65 bits per heavy atom. The van der Waals surface area contributed by atoms with Gasteiger partial charge in [0.2, 0.25) is 10.0 Å². The highest BCUT2D eigenvalue weighted by atomic mass is 35.5. The van der Waals surface area contributed by atoms with Gasteiger partial charge < -0.3 is 0 Å². The van der Waals surface area contributed by atoms with Crippen LogP contribution in [-0.2, 0) is 10.0 Å². The van der Waals surface area contributed by atoms with Crippen LogP contribution in [0.2, 0.25) is 5.02 Å². The molecule has 1 saturated carbocycles. The quantitative estimate of drug-likeness (QED) is 0.865. The number of hydrogen-bond donors (Lipinski definition) is 1. The first-order valence-electron chi connectivity index (χ1n) is 6.30. The summed E-state index contributed by atoms with van der Waals surface area (Å²) in [5, 5.41) is 8.74. The normalized spacial score (nSPS) is 23.2. The molecule has 1 N–H and O–H groups in total. The molecular weight excluding hydrogens is 319 g/mol. The molecule has 1 fully saturated rings. The van der Waals surface area contributed by atoms with E-state index in [0.29, 0.717) is 6.42 Å². The monoisotopic (exact) mass is 332 g/mol. The summed E-state index contributed by atoms with van der Waals surface area (Å²) in [5.74, 6) is 0. The molecule has 20 heavy (non-hydrogen) atoms. The first kappa shape index (κ1) is 15.6. The van der Waals surface area contributed by atoms with E-state index in [2.05, 4.69) is 4.72 Å². The van der Waals surface area contributed by atoms with E-state index >= 15 is 0 Å². The fraction of sp³-hybridized carbons (Fsp3) is 0.462. The van der Waals surface area contributed by atoms with E-state index in [1.807, 2.05) is 6.07 Å². The molecule has 0 radical (unpaired) electrons. The predicted octanol–water partition coefficient (Wildman–Crippen LogP) is 3.04. The van der Waals surface area contributed by atoms with E-state index in [0.717, 1.165) is 19.3 Å². The Morgan fingerprint density at radius 2 is 2.00 bits per heavy atom. The van der Waals surface area contributed by atoms with E-state index < -0.39 is 10.0 Å². The maximum absolute atomic E-state index is 12.4. The van der Waals surface area contributed by atoms with Crippen molar-refractivity contribution in [2.75, 3.05) is 0 Å². The fourth-order valence-corrected chi connectivity index (χ4v) is 4.51. The Kier molecular flexibility index (Phi) is 4.92. The molecule has 1 aromatic carbocycles. The van der Waals surface area contributed by atoms with E-state index in [1.165, 1.54) is 18.2 Å². The summed E-state index contributed by atoms with van der Waals surface area (Å²) in [6, 6.07) is 5.77. The molecule has 108 valence electrons. The van der Waals surface area contributed by atoms with Crippen LogP contribution in [0.5, 0.6) is 0 Å². The van der Waals surface area contributed by atoms with E-state index in [9.17, 15) is 8.42 Å². The molecule has 0 saturated heterocycles. The molecule has 7 heteroatoms. The van der Waals surface area contributed by atoms with Crippen molar-refractivity contribution in [3.05, 3.63) is 28.8 Å². The largest absolute Gasteiger partial charge is 0.242 e. The molecule has 1 aliphatic rings. The number of benzene rings is 1. The van der Waals surface area contributed by atoms with Crippen molar-refractivity contribution in [2.24, 2.45) is 0 Å². The lowest BCUT2D eigenvalue weighted by Gasteiger charge is -2.27. The van der Waals surface area contributed by atoms with Gasteiger partial charge in [-0.2, -0.15) is 5.26 Å². The molecule has 0 aliphatic heterocycles. The molecule has 0 bridgehead atoms. The molecule has 0 aromatic heterocycles. The summed E-state index contributed by atoms with van der Waals surface area (Å²) in [4.78, 5) is -0.0762. The van der Waals surface area contributed by atoms with Gasteiger partial charge in [0.15, 0.2) is 0 Å². The average molecular weight is 333 g/mol. The number of nitriles is 1. The number of nitrogens with zero attached hydrogens (tertiary/aromatic N) is 1. The van der Waals surface area contributed by atoms with Crippen molar-refractivity contribution in [1.82, 2.24) is 4.72 Å². The van der Waals surface area contributed by atoms with Gasteiger partial charge in [-0.3, -0.25) is 0 Å². The minimum Gasteiger partial charge on any atom is -0.207 e. The standard InChI is InChI=1S/C13H14Cl2N2O2S/c14-10-3-1-2-4-12(10)17-20(18,19)13-7-9(8-16)5-6-11(13)15/h5-7,10,12,17H,1-4H2. The number of hydrogen-bond acceptors (Lipinski definition) is 3. The first-order valence-corrected chi connectivity index (χ1v) is 8.60. The van der Waals surface area contributed by atoms with Crippen LogP contribution in [0, 0.1) is 11.3 Å². The van der Waals surface area contributed by atoms with Crippen molar-refractivity contribution in [3.8, 4) is 6.07 Å². The summed E-state index contributed by atoms with van der Waals surface area (Å²) >= 11 is 12.1. The van der Waals surface area contributed by atoms with E-state index in [4.69, 9.17) is 28.5 Å². The zero-order valence-corrected chi connectivity index (χ0v) is 13.0. The Morgan fingerprint density at radius 1 is 1.30 bits per heavy atom. The second-order valence-electron chi connectivity index (χ2n) is 4.79. The number of halogens is 2. The fourth-order valence-electron chi connectivity index (χ4n) is 2.26. The third-order valence-corrected chi connectivity index (χ3v) is 5.83. The maximum Gasteiger partial charge on any atom is 0.242 e. The lowest BCUT2D eigenvalue weighted by molar-refractivity contribution is 0.418. The maximum atomic E-state index is 12.4. The van der Waals surface area contributed by atoms with Crippen LogP contribution < -0.4 is 4.72 Å². The van der Waals surface area contributed by atoms with Crippen LogP contribution in [0.3, 0.4) is 0 Å². The second kappa shape index (κ2) is 6.31. The molecule has 4 nitrogen and oxygen atoms in total. The van der Waals surface area contributed by atoms with E-state index in [-0.39, 0.29) is 26.9 Å². The summed E-state index contributed by atoms with van der Waals surface area (Å²) in [6.45, 7) is 0. The summed E-state index contributed by atoms with van der Waals surface area (Å²) < 4.78 is 27.3. The third-order valence-electron chi connectivity index (χ3n) is 3.34. The lowest BCUT2D eigenvalue weighted by atomic mass is 9.96. The van der Waals surface area contributed by atoms with Crippen molar-refractivity contribution in [3.63, 3.8) is 0 Å². The van der Waals surface area contributed by atoms with Gasteiger partial charge in [0.05, 0.1) is 16.7 Å². The highest BCUT2D eigenvalue weighted by molar-refractivity contribution is 7.89. The molecule has 1 aliphatic carbocycles. The minimum atomic E-state index is -3.77. The first-order chi connectivity index (χ1) is 9.44. The van der Waals surface area contributed by atoms with Crippen LogP contribution >= 0.6 is 23.2 Å². The Labute approximate surface area is 128 Å². The lowest BCUT2D eigenvalue weighted by Crippen LogP contribution is -2.42. The molecule has 0 spiro atoms. The van der Waals surface area contributed by atoms with Crippen LogP contribution in [0.1, 0.15) is 31.2 Å². The van der Waals surface area contributed by atoms with Gasteiger partial charge >= 0.3 is 0 Å². The summed E-state index contributed by atoms with van der Waals surface area (Å²) in [7, 11) is -3.77. The molecule has 2 atom stereocenters. The van der Waals surface area contributed by atoms with Gasteiger partial charge in [-0.25, -0.2) is 13.1 Å². The van der Waals surface area contributed by atoms with Crippen LogP contribution in [0.25, 0.3) is 0 Å². The topological polar surface area (TPSA) is 70.0 Å². The SMILES string of the molecule is N#Cc1ccc(Cl)c(S(=O)(=O)NC2CCCCC2Cl)c1. The van der Waals surface area contributed by atoms with Crippen molar-refractivity contribution in [1.29, 1.82) is 5.26 Å². The number of rotatable bonds is 3. The van der Waals surface area contributed by atoms with Gasteiger partial charge in [-0.05, 0) is 31.0 Å². The highest BCUT2D eigenvalue weighted by Crippen LogP contribution is 2.27. The average Bonchev–Trinajstić information content (AvgIpc) is 2.41. The van der Waals surface area contributed by atoms with Gasteiger partial charge in [-0.1, -0.05) is 24.4 Å². The van der Waals surface area contributed by atoms with Gasteiger partial charge in [0, 0.05) is 11.4 Å². The smallest absolute Gasteiger partial charge is 0.207 e. The second-order valence-corrected chi connectivity index (χ2v) is 7.44. The Bertz CT molecular complexity index is 640.